The number of alkyl halides is 2. The molecule has 1 saturated carbocycles. The van der Waals surface area contributed by atoms with Gasteiger partial charge in [0.15, 0.2) is 0 Å². The molecule has 94 valence electrons. The van der Waals surface area contributed by atoms with Gasteiger partial charge >= 0.3 is 6.61 Å². The summed E-state index contributed by atoms with van der Waals surface area (Å²) in [6.45, 7) is -2.47. The van der Waals surface area contributed by atoms with Gasteiger partial charge in [-0.2, -0.15) is 8.78 Å². The molecule has 17 heavy (non-hydrogen) atoms. The predicted molar refractivity (Wildman–Crippen MR) is 63.0 cm³/mol. The van der Waals surface area contributed by atoms with Gasteiger partial charge in [0.05, 0.1) is 5.02 Å². The van der Waals surface area contributed by atoms with Gasteiger partial charge in [-0.15, -0.1) is 0 Å². The van der Waals surface area contributed by atoms with Crippen molar-refractivity contribution in [2.75, 3.05) is 0 Å². The first-order valence-electron chi connectivity index (χ1n) is 5.22. The summed E-state index contributed by atoms with van der Waals surface area (Å²) in [5.41, 5.74) is 0.551. The predicted octanol–water partition coefficient (Wildman–Crippen LogP) is 3.85. The van der Waals surface area contributed by atoms with Crippen molar-refractivity contribution < 1.29 is 13.5 Å². The van der Waals surface area contributed by atoms with E-state index < -0.39 is 6.61 Å². The summed E-state index contributed by atoms with van der Waals surface area (Å²) in [6, 6.07) is 3.44. The van der Waals surface area contributed by atoms with E-state index in [4.69, 9.17) is 23.2 Å². The van der Waals surface area contributed by atoms with Crippen molar-refractivity contribution in [3.8, 4) is 5.75 Å². The average Bonchev–Trinajstić information content (AvgIpc) is 3.02. The van der Waals surface area contributed by atoms with Crippen molar-refractivity contribution >= 4 is 23.2 Å². The first-order chi connectivity index (χ1) is 8.06. The molecule has 2 rings (SSSR count). The van der Waals surface area contributed by atoms with Crippen molar-refractivity contribution in [2.24, 2.45) is 0 Å². The van der Waals surface area contributed by atoms with Gasteiger partial charge < -0.3 is 10.1 Å². The van der Waals surface area contributed by atoms with Crippen LogP contribution in [0.2, 0.25) is 10.0 Å². The molecule has 0 spiro atoms. The Hall–Kier alpha value is -0.580. The highest BCUT2D eigenvalue weighted by atomic mass is 35.5. The van der Waals surface area contributed by atoms with E-state index in [2.05, 4.69) is 10.1 Å². The molecular weight excluding hydrogens is 271 g/mol. The molecule has 0 radical (unpaired) electrons. The van der Waals surface area contributed by atoms with E-state index in [9.17, 15) is 8.78 Å². The van der Waals surface area contributed by atoms with E-state index >= 15 is 0 Å². The van der Waals surface area contributed by atoms with Crippen LogP contribution in [0.15, 0.2) is 12.1 Å². The van der Waals surface area contributed by atoms with E-state index in [1.165, 1.54) is 6.07 Å². The summed E-state index contributed by atoms with van der Waals surface area (Å²) in [5.74, 6) is -0.000725. The van der Waals surface area contributed by atoms with Crippen molar-refractivity contribution in [3.63, 3.8) is 0 Å². The van der Waals surface area contributed by atoms with E-state index in [0.717, 1.165) is 12.8 Å². The maximum Gasteiger partial charge on any atom is 0.387 e. The van der Waals surface area contributed by atoms with Crippen LogP contribution in [0.4, 0.5) is 8.78 Å². The lowest BCUT2D eigenvalue weighted by Gasteiger charge is -2.13. The van der Waals surface area contributed by atoms with E-state index in [0.29, 0.717) is 23.2 Å². The van der Waals surface area contributed by atoms with Crippen LogP contribution in [-0.4, -0.2) is 12.7 Å². The molecule has 0 amide bonds. The molecule has 1 fully saturated rings. The number of ether oxygens (including phenoxy) is 1. The quantitative estimate of drug-likeness (QED) is 0.885. The summed E-state index contributed by atoms with van der Waals surface area (Å²) >= 11 is 11.7. The zero-order chi connectivity index (χ0) is 12.4. The van der Waals surface area contributed by atoms with E-state index in [1.807, 2.05) is 0 Å². The first-order valence-corrected chi connectivity index (χ1v) is 5.98. The number of halogens is 4. The van der Waals surface area contributed by atoms with Crippen LogP contribution in [0, 0.1) is 0 Å². The van der Waals surface area contributed by atoms with Crippen LogP contribution in [-0.2, 0) is 6.54 Å². The Labute approximate surface area is 108 Å². The minimum absolute atomic E-state index is 0.000725. The van der Waals surface area contributed by atoms with Crippen LogP contribution >= 0.6 is 23.2 Å². The lowest BCUT2D eigenvalue weighted by Crippen LogP contribution is -2.17. The van der Waals surface area contributed by atoms with Gasteiger partial charge in [-0.05, 0) is 25.0 Å². The van der Waals surface area contributed by atoms with Gasteiger partial charge in [0.25, 0.3) is 0 Å². The average molecular weight is 282 g/mol. The Balaban J connectivity index is 2.18. The summed E-state index contributed by atoms with van der Waals surface area (Å²) < 4.78 is 28.9. The first kappa shape index (κ1) is 12.9. The lowest BCUT2D eigenvalue weighted by atomic mass is 10.2. The fraction of sp³-hybridized carbons (Fsp3) is 0.455. The molecule has 1 aliphatic carbocycles. The molecule has 0 aromatic heterocycles. The van der Waals surface area contributed by atoms with Gasteiger partial charge in [0.1, 0.15) is 5.75 Å². The Bertz CT molecular complexity index is 411. The minimum Gasteiger partial charge on any atom is -0.433 e. The largest absolute Gasteiger partial charge is 0.433 e. The zero-order valence-corrected chi connectivity index (χ0v) is 10.4. The van der Waals surface area contributed by atoms with E-state index in [1.54, 1.807) is 6.07 Å². The maximum absolute atomic E-state index is 12.3. The topological polar surface area (TPSA) is 21.3 Å². The van der Waals surface area contributed by atoms with E-state index in [-0.39, 0.29) is 10.8 Å². The summed E-state index contributed by atoms with van der Waals surface area (Å²) in [4.78, 5) is 0. The van der Waals surface area contributed by atoms with Crippen molar-refractivity contribution in [3.05, 3.63) is 27.7 Å². The van der Waals surface area contributed by atoms with Crippen molar-refractivity contribution in [1.29, 1.82) is 0 Å². The molecule has 1 aromatic carbocycles. The zero-order valence-electron chi connectivity index (χ0n) is 8.85. The molecule has 1 aliphatic rings. The molecule has 6 heteroatoms. The second kappa shape index (κ2) is 5.38. The number of rotatable bonds is 5. The van der Waals surface area contributed by atoms with Crippen LogP contribution in [0.5, 0.6) is 5.75 Å². The molecule has 1 aromatic rings. The Morgan fingerprint density at radius 1 is 1.35 bits per heavy atom. The highest BCUT2D eigenvalue weighted by Gasteiger charge is 2.22. The molecule has 0 bridgehead atoms. The van der Waals surface area contributed by atoms with Crippen molar-refractivity contribution in [2.45, 2.75) is 32.0 Å². The smallest absolute Gasteiger partial charge is 0.387 e. The van der Waals surface area contributed by atoms with Gasteiger partial charge in [-0.25, -0.2) is 0 Å². The molecule has 0 atom stereocenters. The maximum atomic E-state index is 12.3. The van der Waals surface area contributed by atoms with Crippen molar-refractivity contribution in [1.82, 2.24) is 5.32 Å². The number of nitrogens with one attached hydrogen (secondary N) is 1. The summed E-state index contributed by atoms with van der Waals surface area (Å²) in [5, 5.41) is 3.71. The lowest BCUT2D eigenvalue weighted by molar-refractivity contribution is -0.0504. The van der Waals surface area contributed by atoms with Crippen LogP contribution in [0.1, 0.15) is 18.4 Å². The van der Waals surface area contributed by atoms with Gasteiger partial charge in [0.2, 0.25) is 0 Å². The Morgan fingerprint density at radius 2 is 2.06 bits per heavy atom. The number of hydrogen-bond acceptors (Lipinski definition) is 2. The third-order valence-corrected chi connectivity index (χ3v) is 2.95. The standard InChI is InChI=1S/C11H11Cl2F2NO/c12-7-3-6(5-16-8-1-2-8)10(9(13)4-7)17-11(14)15/h3-4,8,11,16H,1-2,5H2. The fourth-order valence-corrected chi connectivity index (χ4v) is 2.09. The Morgan fingerprint density at radius 3 is 2.65 bits per heavy atom. The highest BCUT2D eigenvalue weighted by molar-refractivity contribution is 6.35. The third kappa shape index (κ3) is 3.69. The molecule has 1 N–H and O–H groups in total. The summed E-state index contributed by atoms with van der Waals surface area (Å²) in [6.07, 6.45) is 2.22. The molecule has 0 heterocycles. The van der Waals surface area contributed by atoms with Crippen LogP contribution in [0.3, 0.4) is 0 Å². The second-order valence-electron chi connectivity index (χ2n) is 3.91. The minimum atomic E-state index is -2.90. The third-order valence-electron chi connectivity index (χ3n) is 2.45. The summed E-state index contributed by atoms with van der Waals surface area (Å²) in [7, 11) is 0. The molecule has 0 saturated heterocycles. The SMILES string of the molecule is FC(F)Oc1c(Cl)cc(Cl)cc1CNC1CC1. The molecular formula is C11H11Cl2F2NO. The monoisotopic (exact) mass is 281 g/mol. The number of benzene rings is 1. The van der Waals surface area contributed by atoms with Crippen LogP contribution < -0.4 is 10.1 Å². The molecule has 0 aliphatic heterocycles. The highest BCUT2D eigenvalue weighted by Crippen LogP contribution is 2.34. The number of hydrogen-bond donors (Lipinski definition) is 1. The molecule has 2 nitrogen and oxygen atoms in total. The van der Waals surface area contributed by atoms with Gasteiger partial charge in [-0.3, -0.25) is 0 Å². The van der Waals surface area contributed by atoms with Gasteiger partial charge in [0, 0.05) is 23.2 Å². The fourth-order valence-electron chi connectivity index (χ4n) is 1.51. The Kier molecular flexibility index (Phi) is 4.07. The van der Waals surface area contributed by atoms with Crippen LogP contribution in [0.25, 0.3) is 0 Å². The van der Waals surface area contributed by atoms with Gasteiger partial charge in [-0.1, -0.05) is 23.2 Å². The normalized spacial score (nSPS) is 15.4. The molecule has 0 unspecified atom stereocenters. The second-order valence-corrected chi connectivity index (χ2v) is 4.75.